The van der Waals surface area contributed by atoms with Gasteiger partial charge in [0.2, 0.25) is 11.6 Å². The Kier molecular flexibility index (Phi) is 6.57. The molecule has 0 unspecified atom stereocenters. The van der Waals surface area contributed by atoms with E-state index in [9.17, 15) is 10.1 Å². The van der Waals surface area contributed by atoms with E-state index in [1.807, 2.05) is 30.3 Å². The average Bonchev–Trinajstić information content (AvgIpc) is 2.73. The molecule has 1 aromatic heterocycles. The number of hydrogen-bond donors (Lipinski definition) is 2. The van der Waals surface area contributed by atoms with Crippen molar-refractivity contribution in [2.75, 3.05) is 17.7 Å². The zero-order valence-electron chi connectivity index (χ0n) is 16.4. The lowest BCUT2D eigenvalue weighted by Gasteiger charge is -2.12. The number of methoxy groups -OCH3 is 1. The molecule has 0 amide bonds. The van der Waals surface area contributed by atoms with Gasteiger partial charge in [0, 0.05) is 5.69 Å². The lowest BCUT2D eigenvalue weighted by Crippen LogP contribution is -2.06. The predicted octanol–water partition coefficient (Wildman–Crippen LogP) is 5.22. The Labute approximate surface area is 169 Å². The molecule has 0 saturated heterocycles. The predicted molar refractivity (Wildman–Crippen MR) is 113 cm³/mol. The van der Waals surface area contributed by atoms with Gasteiger partial charge in [-0.1, -0.05) is 37.6 Å². The molecule has 0 saturated carbocycles. The highest BCUT2D eigenvalue weighted by Gasteiger charge is 2.24. The van der Waals surface area contributed by atoms with Crippen molar-refractivity contribution >= 4 is 28.7 Å². The number of nitrogens with zero attached hydrogens (tertiary/aromatic N) is 3. The largest absolute Gasteiger partial charge is 0.495 e. The highest BCUT2D eigenvalue weighted by Crippen LogP contribution is 2.35. The minimum Gasteiger partial charge on any atom is -0.495 e. The summed E-state index contributed by atoms with van der Waals surface area (Å²) in [5, 5.41) is 17.8. The van der Waals surface area contributed by atoms with Crippen LogP contribution in [0.1, 0.15) is 25.3 Å². The number of hydrogen-bond acceptors (Lipinski definition) is 7. The topological polar surface area (TPSA) is 102 Å². The van der Waals surface area contributed by atoms with Gasteiger partial charge in [-0.15, -0.1) is 0 Å². The quantitative estimate of drug-likeness (QED) is 0.379. The van der Waals surface area contributed by atoms with Gasteiger partial charge in [0.15, 0.2) is 0 Å². The van der Waals surface area contributed by atoms with E-state index < -0.39 is 4.92 Å². The van der Waals surface area contributed by atoms with Gasteiger partial charge >= 0.3 is 5.69 Å². The second kappa shape index (κ2) is 9.50. The highest BCUT2D eigenvalue weighted by atomic mass is 16.6. The molecule has 8 nitrogen and oxygen atoms in total. The molecule has 0 aliphatic heterocycles. The molecule has 150 valence electrons. The molecule has 0 aliphatic rings. The van der Waals surface area contributed by atoms with E-state index >= 15 is 0 Å². The minimum atomic E-state index is -0.504. The summed E-state index contributed by atoms with van der Waals surface area (Å²) >= 11 is 0. The Balaban J connectivity index is 1.88. The first-order chi connectivity index (χ1) is 14.1. The lowest BCUT2D eigenvalue weighted by atomic mass is 10.1. The number of aryl methyl sites for hydroxylation is 1. The van der Waals surface area contributed by atoms with Gasteiger partial charge < -0.3 is 15.4 Å². The van der Waals surface area contributed by atoms with E-state index in [1.54, 1.807) is 18.2 Å². The molecule has 1 heterocycles. The van der Waals surface area contributed by atoms with Crippen LogP contribution in [0.2, 0.25) is 0 Å². The SMILES string of the molecule is CCCCc1ccc(Nc2ncnc(Nc3ccccc3OC)c2[N+](=O)[O-])cc1. The number of para-hydroxylation sites is 2. The molecule has 2 N–H and O–H groups in total. The Morgan fingerprint density at radius 2 is 1.72 bits per heavy atom. The summed E-state index contributed by atoms with van der Waals surface area (Å²) in [4.78, 5) is 19.4. The van der Waals surface area contributed by atoms with Crippen molar-refractivity contribution < 1.29 is 9.66 Å². The first-order valence-corrected chi connectivity index (χ1v) is 9.37. The molecule has 2 aromatic carbocycles. The van der Waals surface area contributed by atoms with Crippen molar-refractivity contribution in [1.29, 1.82) is 0 Å². The third-order valence-electron chi connectivity index (χ3n) is 4.40. The van der Waals surface area contributed by atoms with Crippen molar-refractivity contribution in [2.24, 2.45) is 0 Å². The summed E-state index contributed by atoms with van der Waals surface area (Å²) in [6.45, 7) is 2.15. The number of rotatable bonds is 9. The monoisotopic (exact) mass is 393 g/mol. The van der Waals surface area contributed by atoms with Crippen LogP contribution in [-0.2, 0) is 6.42 Å². The average molecular weight is 393 g/mol. The van der Waals surface area contributed by atoms with Gasteiger partial charge in [-0.3, -0.25) is 10.1 Å². The van der Waals surface area contributed by atoms with E-state index in [4.69, 9.17) is 4.74 Å². The third-order valence-corrected chi connectivity index (χ3v) is 4.40. The van der Waals surface area contributed by atoms with E-state index in [2.05, 4.69) is 27.5 Å². The maximum Gasteiger partial charge on any atom is 0.353 e. The molecule has 8 heteroatoms. The summed E-state index contributed by atoms with van der Waals surface area (Å²) in [5.74, 6) is 0.748. The number of nitrogens with one attached hydrogen (secondary N) is 2. The molecule has 3 aromatic rings. The molecule has 0 spiro atoms. The second-order valence-electron chi connectivity index (χ2n) is 6.43. The van der Waals surface area contributed by atoms with Gasteiger partial charge in [0.1, 0.15) is 12.1 Å². The first kappa shape index (κ1) is 20.1. The van der Waals surface area contributed by atoms with Gasteiger partial charge in [0.05, 0.1) is 17.7 Å². The summed E-state index contributed by atoms with van der Waals surface area (Å²) in [6, 6.07) is 14.9. The summed E-state index contributed by atoms with van der Waals surface area (Å²) in [7, 11) is 1.53. The van der Waals surface area contributed by atoms with Crippen LogP contribution in [-0.4, -0.2) is 22.0 Å². The maximum atomic E-state index is 11.8. The third kappa shape index (κ3) is 4.98. The van der Waals surface area contributed by atoms with Crippen LogP contribution in [0, 0.1) is 10.1 Å². The summed E-state index contributed by atoms with van der Waals surface area (Å²) in [6.07, 6.45) is 4.55. The Bertz CT molecular complexity index is 976. The number of unbranched alkanes of at least 4 members (excludes halogenated alkanes) is 1. The van der Waals surface area contributed by atoms with Crippen molar-refractivity contribution in [3.05, 3.63) is 70.5 Å². The number of aromatic nitrogens is 2. The molecule has 0 fully saturated rings. The Morgan fingerprint density at radius 3 is 2.38 bits per heavy atom. The summed E-state index contributed by atoms with van der Waals surface area (Å²) < 4.78 is 5.29. The van der Waals surface area contributed by atoms with Gasteiger partial charge in [-0.05, 0) is 42.7 Å². The van der Waals surface area contributed by atoms with Crippen molar-refractivity contribution in [3.8, 4) is 5.75 Å². The van der Waals surface area contributed by atoms with Crippen molar-refractivity contribution in [3.63, 3.8) is 0 Å². The molecule has 3 rings (SSSR count). The van der Waals surface area contributed by atoms with Crippen LogP contribution >= 0.6 is 0 Å². The number of ether oxygens (including phenoxy) is 1. The fraction of sp³-hybridized carbons (Fsp3) is 0.238. The standard InChI is InChI=1S/C21H23N5O3/c1-3-4-7-15-10-12-16(13-11-15)24-20-19(26(27)28)21(23-14-22-20)25-17-8-5-6-9-18(17)29-2/h5-6,8-14H,3-4,7H2,1-2H3,(H2,22,23,24,25). The van der Waals surface area contributed by atoms with Crippen molar-refractivity contribution in [1.82, 2.24) is 9.97 Å². The second-order valence-corrected chi connectivity index (χ2v) is 6.43. The van der Waals surface area contributed by atoms with Crippen LogP contribution in [0.3, 0.4) is 0 Å². The fourth-order valence-corrected chi connectivity index (χ4v) is 2.88. The Morgan fingerprint density at radius 1 is 1.03 bits per heavy atom. The smallest absolute Gasteiger partial charge is 0.353 e. The molecular formula is C21H23N5O3. The van der Waals surface area contributed by atoms with E-state index in [1.165, 1.54) is 19.0 Å². The van der Waals surface area contributed by atoms with Gasteiger partial charge in [-0.2, -0.15) is 0 Å². The van der Waals surface area contributed by atoms with Crippen LogP contribution in [0.25, 0.3) is 0 Å². The summed E-state index contributed by atoms with van der Waals surface area (Å²) in [5.41, 5.74) is 2.28. The molecule has 29 heavy (non-hydrogen) atoms. The zero-order chi connectivity index (χ0) is 20.6. The normalized spacial score (nSPS) is 10.4. The number of benzene rings is 2. The molecule has 0 radical (unpaired) electrons. The van der Waals surface area contributed by atoms with Gasteiger partial charge in [-0.25, -0.2) is 9.97 Å². The van der Waals surface area contributed by atoms with E-state index in [0.29, 0.717) is 11.4 Å². The molecular weight excluding hydrogens is 370 g/mol. The van der Waals surface area contributed by atoms with Crippen LogP contribution in [0.5, 0.6) is 5.75 Å². The van der Waals surface area contributed by atoms with E-state index in [-0.39, 0.29) is 17.3 Å². The number of anilines is 4. The minimum absolute atomic E-state index is 0.0802. The van der Waals surface area contributed by atoms with Crippen molar-refractivity contribution in [2.45, 2.75) is 26.2 Å². The highest BCUT2D eigenvalue weighted by molar-refractivity contribution is 5.78. The van der Waals surface area contributed by atoms with Gasteiger partial charge in [0.25, 0.3) is 0 Å². The fourth-order valence-electron chi connectivity index (χ4n) is 2.88. The zero-order valence-corrected chi connectivity index (χ0v) is 16.4. The van der Waals surface area contributed by atoms with Crippen LogP contribution < -0.4 is 15.4 Å². The van der Waals surface area contributed by atoms with Crippen LogP contribution in [0.15, 0.2) is 54.9 Å². The molecule has 0 atom stereocenters. The van der Waals surface area contributed by atoms with Crippen LogP contribution in [0.4, 0.5) is 28.7 Å². The molecule has 0 bridgehead atoms. The molecule has 0 aliphatic carbocycles. The first-order valence-electron chi connectivity index (χ1n) is 9.37. The number of nitro groups is 1. The van der Waals surface area contributed by atoms with E-state index in [0.717, 1.165) is 24.9 Å². The lowest BCUT2D eigenvalue weighted by molar-refractivity contribution is -0.383. The maximum absolute atomic E-state index is 11.8. The Hall–Kier alpha value is -3.68.